The zero-order valence-electron chi connectivity index (χ0n) is 12.4. The number of nitrogens with zero attached hydrogens (tertiary/aromatic N) is 1. The summed E-state index contributed by atoms with van der Waals surface area (Å²) in [5.74, 6) is -0.0119. The van der Waals surface area contributed by atoms with Crippen LogP contribution >= 0.6 is 23.2 Å². The van der Waals surface area contributed by atoms with Gasteiger partial charge in [0.2, 0.25) is 0 Å². The zero-order chi connectivity index (χ0) is 15.9. The monoisotopic (exact) mass is 334 g/mol. The molecule has 1 heterocycles. The molecule has 0 atom stereocenters. The van der Waals surface area contributed by atoms with Crippen molar-refractivity contribution in [2.75, 3.05) is 10.2 Å². The average Bonchev–Trinajstić information content (AvgIpc) is 2.46. The van der Waals surface area contributed by atoms with Crippen LogP contribution < -0.4 is 10.2 Å². The molecule has 0 radical (unpaired) electrons. The summed E-state index contributed by atoms with van der Waals surface area (Å²) in [4.78, 5) is 14.5. The van der Waals surface area contributed by atoms with Crippen LogP contribution in [-0.4, -0.2) is 11.4 Å². The number of carbonyl (C=O) groups excluding carboxylic acids is 1. The molecule has 0 spiro atoms. The molecule has 0 aliphatic carbocycles. The second-order valence-electron chi connectivity index (χ2n) is 5.86. The van der Waals surface area contributed by atoms with Gasteiger partial charge in [0.1, 0.15) is 5.54 Å². The van der Waals surface area contributed by atoms with E-state index in [0.717, 1.165) is 16.9 Å². The number of hydrogen-bond acceptors (Lipinski definition) is 2. The first kappa shape index (κ1) is 15.2. The number of fused-ring (bicyclic) bond motifs is 1. The van der Waals surface area contributed by atoms with Crippen molar-refractivity contribution >= 4 is 40.5 Å². The molecule has 0 bridgehead atoms. The summed E-state index contributed by atoms with van der Waals surface area (Å²) in [6, 6.07) is 13.1. The van der Waals surface area contributed by atoms with E-state index in [0.29, 0.717) is 16.6 Å². The topological polar surface area (TPSA) is 32.3 Å². The highest BCUT2D eigenvalue weighted by molar-refractivity contribution is 6.36. The van der Waals surface area contributed by atoms with Crippen LogP contribution in [0, 0.1) is 0 Å². The van der Waals surface area contributed by atoms with Crippen molar-refractivity contribution in [1.82, 2.24) is 0 Å². The number of rotatable bonds is 2. The molecule has 1 aliphatic rings. The zero-order valence-corrected chi connectivity index (χ0v) is 13.9. The third-order valence-electron chi connectivity index (χ3n) is 3.80. The molecule has 3 rings (SSSR count). The van der Waals surface area contributed by atoms with E-state index < -0.39 is 5.54 Å². The third kappa shape index (κ3) is 2.55. The highest BCUT2D eigenvalue weighted by Gasteiger charge is 2.38. The van der Waals surface area contributed by atoms with Gasteiger partial charge in [0, 0.05) is 15.6 Å². The number of carbonyl (C=O) groups is 1. The number of anilines is 2. The summed E-state index contributed by atoms with van der Waals surface area (Å²) >= 11 is 12.5. The maximum atomic E-state index is 12.8. The Kier molecular flexibility index (Phi) is 3.79. The van der Waals surface area contributed by atoms with Gasteiger partial charge in [-0.1, -0.05) is 41.4 Å². The lowest BCUT2D eigenvalue weighted by atomic mass is 9.97. The summed E-state index contributed by atoms with van der Waals surface area (Å²) in [7, 11) is 0. The van der Waals surface area contributed by atoms with Crippen LogP contribution in [-0.2, 0) is 11.3 Å². The number of halogens is 2. The second-order valence-corrected chi connectivity index (χ2v) is 6.67. The van der Waals surface area contributed by atoms with Crippen molar-refractivity contribution in [2.24, 2.45) is 0 Å². The Balaban J connectivity index is 2.07. The minimum atomic E-state index is -0.678. The van der Waals surface area contributed by atoms with Crippen LogP contribution in [0.25, 0.3) is 0 Å². The molecule has 1 aliphatic heterocycles. The minimum absolute atomic E-state index is 0.0119. The average molecular weight is 335 g/mol. The van der Waals surface area contributed by atoms with E-state index in [4.69, 9.17) is 23.2 Å². The predicted molar refractivity (Wildman–Crippen MR) is 91.8 cm³/mol. The molecule has 3 nitrogen and oxygen atoms in total. The Hall–Kier alpha value is -1.71. The van der Waals surface area contributed by atoms with Gasteiger partial charge in [-0.3, -0.25) is 4.79 Å². The second kappa shape index (κ2) is 5.49. The molecule has 0 fully saturated rings. The van der Waals surface area contributed by atoms with Crippen molar-refractivity contribution in [3.63, 3.8) is 0 Å². The van der Waals surface area contributed by atoms with Crippen LogP contribution in [0.4, 0.5) is 11.4 Å². The standard InChI is InChI=1S/C17H16Cl2N2O/c1-17(2)16(22)21(15-9-4-3-8-14(15)20-17)10-11-12(18)6-5-7-13(11)19/h3-9,20H,10H2,1-2H3. The summed E-state index contributed by atoms with van der Waals surface area (Å²) in [6.45, 7) is 4.08. The lowest BCUT2D eigenvalue weighted by molar-refractivity contribution is -0.122. The quantitative estimate of drug-likeness (QED) is 0.860. The minimum Gasteiger partial charge on any atom is -0.370 e. The molecule has 0 aromatic heterocycles. The van der Waals surface area contributed by atoms with E-state index in [-0.39, 0.29) is 5.91 Å². The summed E-state index contributed by atoms with van der Waals surface area (Å²) in [5, 5.41) is 4.40. The number of hydrogen-bond donors (Lipinski definition) is 1. The molecule has 2 aromatic rings. The molecular formula is C17H16Cl2N2O. The molecule has 0 saturated heterocycles. The van der Waals surface area contributed by atoms with E-state index in [9.17, 15) is 4.79 Å². The van der Waals surface area contributed by atoms with Crippen molar-refractivity contribution in [2.45, 2.75) is 25.9 Å². The van der Waals surface area contributed by atoms with E-state index in [1.165, 1.54) is 0 Å². The normalized spacial score (nSPS) is 16.2. The lowest BCUT2D eigenvalue weighted by Gasteiger charge is -2.40. The fraction of sp³-hybridized carbons (Fsp3) is 0.235. The van der Waals surface area contributed by atoms with E-state index in [1.807, 2.05) is 38.1 Å². The molecule has 0 saturated carbocycles. The van der Waals surface area contributed by atoms with Gasteiger partial charge in [0.25, 0.3) is 5.91 Å². The van der Waals surface area contributed by atoms with Gasteiger partial charge in [-0.25, -0.2) is 0 Å². The maximum absolute atomic E-state index is 12.8. The number of nitrogens with one attached hydrogen (secondary N) is 1. The van der Waals surface area contributed by atoms with E-state index >= 15 is 0 Å². The smallest absolute Gasteiger partial charge is 0.252 e. The fourth-order valence-corrected chi connectivity index (χ4v) is 3.17. The van der Waals surface area contributed by atoms with Crippen LogP contribution in [0.2, 0.25) is 10.0 Å². The highest BCUT2D eigenvalue weighted by atomic mass is 35.5. The summed E-state index contributed by atoms with van der Waals surface area (Å²) < 4.78 is 0. The van der Waals surface area contributed by atoms with Gasteiger partial charge in [-0.15, -0.1) is 0 Å². The third-order valence-corrected chi connectivity index (χ3v) is 4.51. The van der Waals surface area contributed by atoms with Gasteiger partial charge in [0.15, 0.2) is 0 Å². The predicted octanol–water partition coefficient (Wildman–Crippen LogP) is 4.73. The van der Waals surface area contributed by atoms with Gasteiger partial charge in [-0.2, -0.15) is 0 Å². The molecule has 0 unspecified atom stereocenters. The Morgan fingerprint density at radius 1 is 1.05 bits per heavy atom. The first-order valence-electron chi connectivity index (χ1n) is 7.02. The van der Waals surface area contributed by atoms with Gasteiger partial charge < -0.3 is 10.2 Å². The first-order valence-corrected chi connectivity index (χ1v) is 7.78. The van der Waals surface area contributed by atoms with Crippen molar-refractivity contribution in [3.8, 4) is 0 Å². The van der Waals surface area contributed by atoms with Crippen LogP contribution in [0.1, 0.15) is 19.4 Å². The summed E-state index contributed by atoms with van der Waals surface area (Å²) in [6.07, 6.45) is 0. The van der Waals surface area contributed by atoms with Crippen LogP contribution in [0.3, 0.4) is 0 Å². The number of benzene rings is 2. The maximum Gasteiger partial charge on any atom is 0.252 e. The molecule has 5 heteroatoms. The van der Waals surface area contributed by atoms with Gasteiger partial charge >= 0.3 is 0 Å². The summed E-state index contributed by atoms with van der Waals surface area (Å²) in [5.41, 5.74) is 1.84. The van der Waals surface area contributed by atoms with Crippen molar-refractivity contribution in [1.29, 1.82) is 0 Å². The Labute approximate surface area is 139 Å². The van der Waals surface area contributed by atoms with E-state index in [1.54, 1.807) is 23.1 Å². The highest BCUT2D eigenvalue weighted by Crippen LogP contribution is 2.37. The molecule has 22 heavy (non-hydrogen) atoms. The van der Waals surface area contributed by atoms with Crippen molar-refractivity contribution < 1.29 is 4.79 Å². The van der Waals surface area contributed by atoms with Crippen LogP contribution in [0.5, 0.6) is 0 Å². The van der Waals surface area contributed by atoms with Gasteiger partial charge in [-0.05, 0) is 38.1 Å². The van der Waals surface area contributed by atoms with Gasteiger partial charge in [0.05, 0.1) is 17.9 Å². The first-order chi connectivity index (χ1) is 10.4. The largest absolute Gasteiger partial charge is 0.370 e. The Morgan fingerprint density at radius 2 is 1.68 bits per heavy atom. The lowest BCUT2D eigenvalue weighted by Crippen LogP contribution is -2.53. The fourth-order valence-electron chi connectivity index (χ4n) is 2.65. The molecule has 114 valence electrons. The number of para-hydroxylation sites is 2. The molecule has 1 N–H and O–H groups in total. The SMILES string of the molecule is CC1(C)Nc2ccccc2N(Cc2c(Cl)cccc2Cl)C1=O. The molecular weight excluding hydrogens is 319 g/mol. The van der Waals surface area contributed by atoms with E-state index in [2.05, 4.69) is 5.32 Å². The molecule has 1 amide bonds. The Bertz CT molecular complexity index is 723. The Morgan fingerprint density at radius 3 is 2.36 bits per heavy atom. The van der Waals surface area contributed by atoms with Crippen LogP contribution in [0.15, 0.2) is 42.5 Å². The van der Waals surface area contributed by atoms with Crippen molar-refractivity contribution in [3.05, 3.63) is 58.1 Å². The molecule has 2 aromatic carbocycles. The number of amides is 1.